The number of anilines is 1. The largest absolute Gasteiger partial charge is 0.444 e. The van der Waals surface area contributed by atoms with Crippen LogP contribution in [0, 0.1) is 0 Å². The third kappa shape index (κ3) is 8.41. The predicted octanol–water partition coefficient (Wildman–Crippen LogP) is 2.34. The van der Waals surface area contributed by atoms with Gasteiger partial charge in [-0.3, -0.25) is 0 Å². The molecule has 1 aromatic heterocycles. The summed E-state index contributed by atoms with van der Waals surface area (Å²) in [5, 5.41) is 5.90. The molecule has 1 rings (SSSR count). The Morgan fingerprint density at radius 2 is 2.05 bits per heavy atom. The molecule has 0 fully saturated rings. The molecule has 0 aromatic carbocycles. The van der Waals surface area contributed by atoms with Crippen LogP contribution in [0.3, 0.4) is 0 Å². The molecule has 0 saturated carbocycles. The fourth-order valence-corrected chi connectivity index (χ4v) is 1.59. The van der Waals surface area contributed by atoms with Gasteiger partial charge in [-0.25, -0.2) is 14.8 Å². The number of nitrogens with zero attached hydrogens (tertiary/aromatic N) is 2. The van der Waals surface area contributed by atoms with E-state index in [1.807, 2.05) is 33.8 Å². The van der Waals surface area contributed by atoms with Gasteiger partial charge in [-0.2, -0.15) is 0 Å². The van der Waals surface area contributed by atoms with Gasteiger partial charge >= 0.3 is 6.09 Å². The minimum Gasteiger partial charge on any atom is -0.444 e. The molecule has 1 amide bonds. The summed E-state index contributed by atoms with van der Waals surface area (Å²) in [7, 11) is 0. The highest BCUT2D eigenvalue weighted by atomic mass is 16.6. The van der Waals surface area contributed by atoms with Crippen LogP contribution in [0.4, 0.5) is 10.6 Å². The molecule has 0 unspecified atom stereocenters. The molecule has 1 heterocycles. The number of carbonyl (C=O) groups excluding carboxylic acids is 1. The third-order valence-corrected chi connectivity index (χ3v) is 2.51. The molecule has 0 atom stereocenters. The molecule has 0 aliphatic carbocycles. The van der Waals surface area contributed by atoms with E-state index in [9.17, 15) is 4.79 Å². The van der Waals surface area contributed by atoms with Gasteiger partial charge in [0.05, 0.1) is 12.3 Å². The van der Waals surface area contributed by atoms with Crippen molar-refractivity contribution in [2.45, 2.75) is 46.3 Å². The van der Waals surface area contributed by atoms with E-state index in [0.29, 0.717) is 26.3 Å². The van der Waals surface area contributed by atoms with Gasteiger partial charge in [-0.05, 0) is 34.1 Å². The molecular weight excluding hydrogens is 284 g/mol. The first-order chi connectivity index (χ1) is 10.4. The van der Waals surface area contributed by atoms with Crippen LogP contribution in [0.2, 0.25) is 0 Å². The van der Waals surface area contributed by atoms with Gasteiger partial charge in [-0.15, -0.1) is 0 Å². The molecule has 0 radical (unpaired) electrons. The second kappa shape index (κ2) is 9.19. The molecule has 1 aromatic rings. The second-order valence-electron chi connectivity index (χ2n) is 5.74. The molecule has 0 bridgehead atoms. The quantitative estimate of drug-likeness (QED) is 0.717. The van der Waals surface area contributed by atoms with Gasteiger partial charge in [0.2, 0.25) is 0 Å². The summed E-state index contributed by atoms with van der Waals surface area (Å²) in [6, 6.07) is 1.86. The SMILES string of the molecule is CCOCc1cc(NCCCNC(=O)OC(C)(C)C)ncn1. The van der Waals surface area contributed by atoms with Gasteiger partial charge in [0.15, 0.2) is 0 Å². The van der Waals surface area contributed by atoms with E-state index in [2.05, 4.69) is 20.6 Å². The van der Waals surface area contributed by atoms with Crippen molar-refractivity contribution >= 4 is 11.9 Å². The third-order valence-electron chi connectivity index (χ3n) is 2.51. The molecule has 0 aliphatic rings. The number of carbonyl (C=O) groups is 1. The number of hydrogen-bond acceptors (Lipinski definition) is 6. The lowest BCUT2D eigenvalue weighted by Crippen LogP contribution is -2.33. The van der Waals surface area contributed by atoms with Crippen molar-refractivity contribution in [3.05, 3.63) is 18.1 Å². The van der Waals surface area contributed by atoms with E-state index in [1.165, 1.54) is 6.33 Å². The number of hydrogen-bond donors (Lipinski definition) is 2. The van der Waals surface area contributed by atoms with Crippen molar-refractivity contribution in [3.63, 3.8) is 0 Å². The Morgan fingerprint density at radius 1 is 1.27 bits per heavy atom. The monoisotopic (exact) mass is 310 g/mol. The van der Waals surface area contributed by atoms with Gasteiger partial charge in [-0.1, -0.05) is 0 Å². The Morgan fingerprint density at radius 3 is 2.73 bits per heavy atom. The molecule has 0 spiro atoms. The van der Waals surface area contributed by atoms with Crippen molar-refractivity contribution in [2.24, 2.45) is 0 Å². The van der Waals surface area contributed by atoms with Crippen LogP contribution < -0.4 is 10.6 Å². The van der Waals surface area contributed by atoms with Crippen LogP contribution in [0.25, 0.3) is 0 Å². The molecule has 0 aliphatic heterocycles. The molecule has 22 heavy (non-hydrogen) atoms. The molecule has 0 saturated heterocycles. The number of ether oxygens (including phenoxy) is 2. The second-order valence-corrected chi connectivity index (χ2v) is 5.74. The van der Waals surface area contributed by atoms with Crippen LogP contribution in [-0.2, 0) is 16.1 Å². The highest BCUT2D eigenvalue weighted by Gasteiger charge is 2.15. The summed E-state index contributed by atoms with van der Waals surface area (Å²) in [5.74, 6) is 0.752. The number of alkyl carbamates (subject to hydrolysis) is 1. The average molecular weight is 310 g/mol. The predicted molar refractivity (Wildman–Crippen MR) is 84.7 cm³/mol. The van der Waals surface area contributed by atoms with Crippen molar-refractivity contribution in [1.29, 1.82) is 0 Å². The van der Waals surface area contributed by atoms with Gasteiger partial charge in [0, 0.05) is 25.8 Å². The smallest absolute Gasteiger partial charge is 0.407 e. The lowest BCUT2D eigenvalue weighted by atomic mass is 10.2. The van der Waals surface area contributed by atoms with E-state index in [4.69, 9.17) is 9.47 Å². The van der Waals surface area contributed by atoms with Gasteiger partial charge in [0.25, 0.3) is 0 Å². The molecule has 7 heteroatoms. The van der Waals surface area contributed by atoms with Gasteiger partial charge in [0.1, 0.15) is 17.7 Å². The fourth-order valence-electron chi connectivity index (χ4n) is 1.59. The fraction of sp³-hybridized carbons (Fsp3) is 0.667. The number of amides is 1. The highest BCUT2D eigenvalue weighted by molar-refractivity contribution is 5.67. The number of aromatic nitrogens is 2. The number of rotatable bonds is 8. The van der Waals surface area contributed by atoms with Gasteiger partial charge < -0.3 is 20.1 Å². The first-order valence-electron chi connectivity index (χ1n) is 7.50. The Kier molecular flexibility index (Phi) is 7.59. The first kappa shape index (κ1) is 18.2. The van der Waals surface area contributed by atoms with E-state index in [0.717, 1.165) is 17.9 Å². The summed E-state index contributed by atoms with van der Waals surface area (Å²) in [4.78, 5) is 19.7. The first-order valence-corrected chi connectivity index (χ1v) is 7.50. The minimum atomic E-state index is -0.472. The Bertz CT molecular complexity index is 460. The average Bonchev–Trinajstić information content (AvgIpc) is 2.43. The summed E-state index contributed by atoms with van der Waals surface area (Å²) in [5.41, 5.74) is 0.367. The maximum absolute atomic E-state index is 11.4. The van der Waals surface area contributed by atoms with E-state index in [-0.39, 0.29) is 0 Å². The summed E-state index contributed by atoms with van der Waals surface area (Å²) in [6.07, 6.45) is 1.88. The van der Waals surface area contributed by atoms with Crippen molar-refractivity contribution in [1.82, 2.24) is 15.3 Å². The van der Waals surface area contributed by atoms with Crippen LogP contribution in [0.5, 0.6) is 0 Å². The lowest BCUT2D eigenvalue weighted by molar-refractivity contribution is 0.0528. The highest BCUT2D eigenvalue weighted by Crippen LogP contribution is 2.07. The van der Waals surface area contributed by atoms with Crippen molar-refractivity contribution < 1.29 is 14.3 Å². The normalized spacial score (nSPS) is 11.1. The van der Waals surface area contributed by atoms with E-state index >= 15 is 0 Å². The molecule has 7 nitrogen and oxygen atoms in total. The molecule has 124 valence electrons. The van der Waals surface area contributed by atoms with E-state index < -0.39 is 11.7 Å². The van der Waals surface area contributed by atoms with E-state index in [1.54, 1.807) is 0 Å². The molecular formula is C15H26N4O3. The van der Waals surface area contributed by atoms with Crippen molar-refractivity contribution in [3.8, 4) is 0 Å². The maximum Gasteiger partial charge on any atom is 0.407 e. The zero-order chi connectivity index (χ0) is 16.4. The van der Waals surface area contributed by atoms with Crippen molar-refractivity contribution in [2.75, 3.05) is 25.0 Å². The minimum absolute atomic E-state index is 0.395. The Balaban J connectivity index is 2.20. The van der Waals surface area contributed by atoms with Crippen LogP contribution in [0.15, 0.2) is 12.4 Å². The Hall–Kier alpha value is -1.89. The van der Waals surface area contributed by atoms with Crippen LogP contribution >= 0.6 is 0 Å². The number of nitrogens with one attached hydrogen (secondary N) is 2. The topological polar surface area (TPSA) is 85.4 Å². The summed E-state index contributed by atoms with van der Waals surface area (Å²) in [6.45, 7) is 9.82. The maximum atomic E-state index is 11.4. The Labute approximate surface area is 131 Å². The zero-order valence-electron chi connectivity index (χ0n) is 13.8. The standard InChI is InChI=1S/C15H26N4O3/c1-5-21-10-12-9-13(19-11-18-12)16-7-6-8-17-14(20)22-15(2,3)4/h9,11H,5-8,10H2,1-4H3,(H,17,20)(H,16,18,19). The van der Waals surface area contributed by atoms with Crippen LogP contribution in [-0.4, -0.2) is 41.4 Å². The lowest BCUT2D eigenvalue weighted by Gasteiger charge is -2.19. The van der Waals surface area contributed by atoms with Crippen LogP contribution in [0.1, 0.15) is 39.8 Å². The molecule has 2 N–H and O–H groups in total. The summed E-state index contributed by atoms with van der Waals surface area (Å²) >= 11 is 0. The summed E-state index contributed by atoms with van der Waals surface area (Å²) < 4.78 is 10.5. The zero-order valence-corrected chi connectivity index (χ0v) is 13.8.